The van der Waals surface area contributed by atoms with Crippen LogP contribution in [0.2, 0.25) is 5.02 Å². The Labute approximate surface area is 104 Å². The minimum absolute atomic E-state index is 0.337. The Bertz CT molecular complexity index is 537. The molecule has 0 fully saturated rings. The van der Waals surface area contributed by atoms with Crippen molar-refractivity contribution in [3.8, 4) is 5.75 Å². The summed E-state index contributed by atoms with van der Waals surface area (Å²) in [5.41, 5.74) is 8.18. The lowest BCUT2D eigenvalue weighted by Gasteiger charge is -2.14. The minimum Gasteiger partial charge on any atom is -0.493 e. The quantitative estimate of drug-likeness (QED) is 0.890. The van der Waals surface area contributed by atoms with E-state index in [1.807, 2.05) is 24.3 Å². The first-order valence-corrected chi connectivity index (χ1v) is 5.87. The normalized spacial score (nSPS) is 15.4. The predicted octanol–water partition coefficient (Wildman–Crippen LogP) is 2.92. The van der Waals surface area contributed by atoms with Gasteiger partial charge in [-0.2, -0.15) is 0 Å². The molecule has 2 aromatic rings. The topological polar surface area (TPSA) is 48.4 Å². The summed E-state index contributed by atoms with van der Waals surface area (Å²) in [6.07, 6.45) is 2.49. The lowest BCUT2D eigenvalue weighted by atomic mass is 10.0. The molecule has 0 amide bonds. The van der Waals surface area contributed by atoms with Crippen molar-refractivity contribution < 1.29 is 9.15 Å². The Morgan fingerprint density at radius 3 is 3.00 bits per heavy atom. The fraction of sp³-hybridized carbons (Fsp3) is 0.231. The van der Waals surface area contributed by atoms with Crippen LogP contribution in [-0.4, -0.2) is 6.61 Å². The average Bonchev–Trinajstić information content (AvgIpc) is 2.97. The highest BCUT2D eigenvalue weighted by molar-refractivity contribution is 6.30. The standard InChI is InChI=1S/C13H12ClNO2/c14-9-6-8-3-5-17-13(8)10(7-9)12(15)11-2-1-4-16-11/h1-2,4,6-7,12H,3,5,15H2. The maximum atomic E-state index is 6.17. The van der Waals surface area contributed by atoms with Crippen LogP contribution in [0.1, 0.15) is 22.9 Å². The van der Waals surface area contributed by atoms with Crippen LogP contribution in [0, 0.1) is 0 Å². The van der Waals surface area contributed by atoms with Crippen molar-refractivity contribution in [2.45, 2.75) is 12.5 Å². The Morgan fingerprint density at radius 2 is 2.24 bits per heavy atom. The number of hydrogen-bond donors (Lipinski definition) is 1. The van der Waals surface area contributed by atoms with Crippen molar-refractivity contribution >= 4 is 11.6 Å². The molecular formula is C13H12ClNO2. The van der Waals surface area contributed by atoms with Crippen molar-refractivity contribution in [1.29, 1.82) is 0 Å². The molecule has 4 heteroatoms. The van der Waals surface area contributed by atoms with Crippen molar-refractivity contribution in [3.63, 3.8) is 0 Å². The second-order valence-electron chi connectivity index (χ2n) is 4.07. The number of fused-ring (bicyclic) bond motifs is 1. The van der Waals surface area contributed by atoms with Gasteiger partial charge in [0.25, 0.3) is 0 Å². The summed E-state index contributed by atoms with van der Waals surface area (Å²) in [5, 5.41) is 0.686. The number of rotatable bonds is 2. The van der Waals surface area contributed by atoms with Gasteiger partial charge in [0.15, 0.2) is 0 Å². The van der Waals surface area contributed by atoms with Crippen LogP contribution in [0.4, 0.5) is 0 Å². The number of ether oxygens (including phenoxy) is 1. The third-order valence-electron chi connectivity index (χ3n) is 2.96. The molecule has 3 rings (SSSR count). The van der Waals surface area contributed by atoms with Gasteiger partial charge in [-0.25, -0.2) is 0 Å². The summed E-state index contributed by atoms with van der Waals surface area (Å²) < 4.78 is 10.9. The summed E-state index contributed by atoms with van der Waals surface area (Å²) >= 11 is 6.09. The highest BCUT2D eigenvalue weighted by Crippen LogP contribution is 2.37. The number of halogens is 1. The second kappa shape index (κ2) is 4.09. The van der Waals surface area contributed by atoms with E-state index in [4.69, 9.17) is 26.5 Å². The predicted molar refractivity (Wildman–Crippen MR) is 65.4 cm³/mol. The third-order valence-corrected chi connectivity index (χ3v) is 3.18. The number of benzene rings is 1. The van der Waals surface area contributed by atoms with Crippen LogP contribution < -0.4 is 10.5 Å². The van der Waals surface area contributed by atoms with Crippen molar-refractivity contribution in [3.05, 3.63) is 52.4 Å². The Morgan fingerprint density at radius 1 is 1.35 bits per heavy atom. The van der Waals surface area contributed by atoms with Gasteiger partial charge in [-0.1, -0.05) is 11.6 Å². The molecule has 1 atom stereocenters. The first kappa shape index (κ1) is 10.7. The molecule has 17 heavy (non-hydrogen) atoms. The van der Waals surface area contributed by atoms with Gasteiger partial charge in [0, 0.05) is 17.0 Å². The molecule has 0 bridgehead atoms. The molecule has 1 aliphatic heterocycles. The van der Waals surface area contributed by atoms with E-state index in [1.165, 1.54) is 0 Å². The van der Waals surface area contributed by atoms with Gasteiger partial charge in [-0.05, 0) is 29.8 Å². The van der Waals surface area contributed by atoms with Crippen molar-refractivity contribution in [2.75, 3.05) is 6.61 Å². The largest absolute Gasteiger partial charge is 0.493 e. The number of nitrogens with two attached hydrogens (primary N) is 1. The average molecular weight is 250 g/mol. The van der Waals surface area contributed by atoms with E-state index in [2.05, 4.69) is 0 Å². The zero-order valence-corrected chi connectivity index (χ0v) is 9.91. The van der Waals surface area contributed by atoms with Gasteiger partial charge >= 0.3 is 0 Å². The molecule has 1 aromatic carbocycles. The summed E-state index contributed by atoms with van der Waals surface area (Å²) in [5.74, 6) is 1.57. The molecule has 88 valence electrons. The van der Waals surface area contributed by atoms with Crippen LogP contribution in [-0.2, 0) is 6.42 Å². The molecule has 1 aromatic heterocycles. The SMILES string of the molecule is NC(c1ccco1)c1cc(Cl)cc2c1OCC2. The van der Waals surface area contributed by atoms with Crippen molar-refractivity contribution in [1.82, 2.24) is 0 Å². The number of furan rings is 1. The van der Waals surface area contributed by atoms with Gasteiger partial charge in [0.05, 0.1) is 18.9 Å². The van der Waals surface area contributed by atoms with E-state index >= 15 is 0 Å². The summed E-state index contributed by atoms with van der Waals surface area (Å²) in [4.78, 5) is 0. The monoisotopic (exact) mass is 249 g/mol. The molecule has 0 saturated heterocycles. The molecule has 0 aliphatic carbocycles. The van der Waals surface area contributed by atoms with Gasteiger partial charge in [-0.15, -0.1) is 0 Å². The molecule has 1 aliphatic rings. The van der Waals surface area contributed by atoms with Gasteiger partial charge in [0.1, 0.15) is 11.5 Å². The maximum absolute atomic E-state index is 6.17. The fourth-order valence-electron chi connectivity index (χ4n) is 2.15. The lowest BCUT2D eigenvalue weighted by molar-refractivity contribution is 0.350. The van der Waals surface area contributed by atoms with E-state index in [0.29, 0.717) is 17.4 Å². The first-order chi connectivity index (χ1) is 8.25. The Kier molecular flexibility index (Phi) is 2.57. The highest BCUT2D eigenvalue weighted by atomic mass is 35.5. The fourth-order valence-corrected chi connectivity index (χ4v) is 2.40. The molecule has 0 radical (unpaired) electrons. The smallest absolute Gasteiger partial charge is 0.127 e. The second-order valence-corrected chi connectivity index (χ2v) is 4.51. The van der Waals surface area contributed by atoms with E-state index in [0.717, 1.165) is 23.3 Å². The van der Waals surface area contributed by atoms with Gasteiger partial charge in [0.2, 0.25) is 0 Å². The Hall–Kier alpha value is -1.45. The van der Waals surface area contributed by atoms with E-state index < -0.39 is 0 Å². The zero-order chi connectivity index (χ0) is 11.8. The summed E-state index contributed by atoms with van der Waals surface area (Å²) in [6, 6.07) is 7.12. The molecular weight excluding hydrogens is 238 g/mol. The molecule has 0 saturated carbocycles. The van der Waals surface area contributed by atoms with Gasteiger partial charge < -0.3 is 14.9 Å². The van der Waals surface area contributed by atoms with Crippen LogP contribution in [0.25, 0.3) is 0 Å². The van der Waals surface area contributed by atoms with Crippen molar-refractivity contribution in [2.24, 2.45) is 5.73 Å². The third kappa shape index (κ3) is 1.81. The molecule has 2 N–H and O–H groups in total. The van der Waals surface area contributed by atoms with E-state index in [1.54, 1.807) is 6.26 Å². The van der Waals surface area contributed by atoms with E-state index in [-0.39, 0.29) is 6.04 Å². The number of hydrogen-bond acceptors (Lipinski definition) is 3. The van der Waals surface area contributed by atoms with Crippen LogP contribution in [0.3, 0.4) is 0 Å². The minimum atomic E-state index is -0.337. The molecule has 2 heterocycles. The molecule has 1 unspecified atom stereocenters. The highest BCUT2D eigenvalue weighted by Gasteiger charge is 2.23. The summed E-state index contributed by atoms with van der Waals surface area (Å²) in [6.45, 7) is 0.688. The molecule has 3 nitrogen and oxygen atoms in total. The maximum Gasteiger partial charge on any atom is 0.127 e. The molecule has 0 spiro atoms. The van der Waals surface area contributed by atoms with Gasteiger partial charge in [-0.3, -0.25) is 0 Å². The zero-order valence-electron chi connectivity index (χ0n) is 9.15. The first-order valence-electron chi connectivity index (χ1n) is 5.50. The van der Waals surface area contributed by atoms with E-state index in [9.17, 15) is 0 Å². The summed E-state index contributed by atoms with van der Waals surface area (Å²) in [7, 11) is 0. The Balaban J connectivity index is 2.09. The van der Waals surface area contributed by atoms with Crippen LogP contribution >= 0.6 is 11.6 Å². The lowest BCUT2D eigenvalue weighted by Crippen LogP contribution is -2.12. The van der Waals surface area contributed by atoms with Crippen LogP contribution in [0.15, 0.2) is 34.9 Å². The van der Waals surface area contributed by atoms with Crippen LogP contribution in [0.5, 0.6) is 5.75 Å².